The van der Waals surface area contributed by atoms with E-state index >= 15 is 0 Å². The van der Waals surface area contributed by atoms with Gasteiger partial charge < -0.3 is 0 Å². The number of benzene rings is 1. The second-order valence-electron chi connectivity index (χ2n) is 5.11. The standard InChI is InChI=1S/C9H7BrClN3.C9H8N.W.H2/c1-6-5-8(10)13-14(6)9-7(11)3-2-4-12-9;1-7-4-5-9(10-3)6-8(7)2;;/h2-5H,1H3;5-6H,1-2H3;;1H/q;-1;;. The summed E-state index contributed by atoms with van der Waals surface area (Å²) >= 11 is 9.30. The van der Waals surface area contributed by atoms with Gasteiger partial charge in [-0.3, -0.25) is 0 Å². The maximum Gasteiger partial charge on any atom is 0.208 e. The van der Waals surface area contributed by atoms with Gasteiger partial charge in [0.05, 0.1) is 5.02 Å². The van der Waals surface area contributed by atoms with E-state index in [2.05, 4.69) is 36.9 Å². The molecule has 0 unspecified atom stereocenters. The number of halogens is 2. The molecule has 130 valence electrons. The van der Waals surface area contributed by atoms with Gasteiger partial charge in [-0.1, -0.05) is 37.6 Å². The first-order chi connectivity index (χ1) is 11.4. The normalized spacial score (nSPS) is 9.44. The van der Waals surface area contributed by atoms with E-state index in [0.717, 1.165) is 21.4 Å². The van der Waals surface area contributed by atoms with Crippen molar-refractivity contribution in [3.63, 3.8) is 0 Å². The first kappa shape index (κ1) is 21.6. The molecule has 0 radical (unpaired) electrons. The largest absolute Gasteiger partial charge is 0.236 e. The van der Waals surface area contributed by atoms with Crippen LogP contribution in [0.3, 0.4) is 0 Å². The summed E-state index contributed by atoms with van der Waals surface area (Å²) in [5.74, 6) is 0.650. The summed E-state index contributed by atoms with van der Waals surface area (Å²) in [5, 5.41) is 4.82. The zero-order valence-corrected chi connectivity index (χ0v) is 19.2. The van der Waals surface area contributed by atoms with E-state index in [0.29, 0.717) is 16.5 Å². The Morgan fingerprint density at radius 1 is 1.32 bits per heavy atom. The number of pyridine rings is 1. The Hall–Kier alpha value is -1.47. The van der Waals surface area contributed by atoms with Crippen molar-refractivity contribution >= 4 is 33.2 Å². The third-order valence-electron chi connectivity index (χ3n) is 3.32. The van der Waals surface area contributed by atoms with Gasteiger partial charge in [0.15, 0.2) is 5.82 Å². The Morgan fingerprint density at radius 2 is 2.04 bits per heavy atom. The van der Waals surface area contributed by atoms with Gasteiger partial charge in [0.2, 0.25) is 5.69 Å². The molecule has 7 heteroatoms. The quantitative estimate of drug-likeness (QED) is 0.333. The smallest absolute Gasteiger partial charge is 0.208 e. The molecule has 0 bridgehead atoms. The van der Waals surface area contributed by atoms with Crippen LogP contribution >= 0.6 is 27.5 Å². The van der Waals surface area contributed by atoms with Crippen molar-refractivity contribution in [3.8, 4) is 5.82 Å². The molecule has 0 saturated heterocycles. The first-order valence-electron chi connectivity index (χ1n) is 7.12. The second-order valence-corrected chi connectivity index (χ2v) is 6.33. The number of hydrogen-bond acceptors (Lipinski definition) is 2. The van der Waals surface area contributed by atoms with Crippen molar-refractivity contribution in [1.29, 1.82) is 0 Å². The molecular formula is C18H17BrClN4W-. The second kappa shape index (κ2) is 9.87. The third-order valence-corrected chi connectivity index (χ3v) is 4.00. The predicted octanol–water partition coefficient (Wildman–Crippen LogP) is 5.89. The van der Waals surface area contributed by atoms with Gasteiger partial charge in [-0.15, -0.1) is 5.56 Å². The maximum atomic E-state index is 6.72. The average molecular weight is 589 g/mol. The van der Waals surface area contributed by atoms with Crippen LogP contribution in [0.15, 0.2) is 41.1 Å². The molecule has 0 N–H and O–H groups in total. The van der Waals surface area contributed by atoms with Crippen molar-refractivity contribution in [1.82, 2.24) is 14.8 Å². The number of nitrogens with zero attached hydrogens (tertiary/aromatic N) is 4. The van der Waals surface area contributed by atoms with Crippen LogP contribution in [0.5, 0.6) is 0 Å². The summed E-state index contributed by atoms with van der Waals surface area (Å²) in [4.78, 5) is 7.46. The van der Waals surface area contributed by atoms with Crippen molar-refractivity contribution in [2.75, 3.05) is 0 Å². The first-order valence-corrected chi connectivity index (χ1v) is 8.29. The molecule has 0 fully saturated rings. The van der Waals surface area contributed by atoms with E-state index in [4.69, 9.17) is 18.2 Å². The van der Waals surface area contributed by atoms with Crippen LogP contribution in [-0.2, 0) is 21.1 Å². The molecule has 0 saturated carbocycles. The predicted molar refractivity (Wildman–Crippen MR) is 102 cm³/mol. The topological polar surface area (TPSA) is 35.1 Å². The van der Waals surface area contributed by atoms with E-state index in [9.17, 15) is 0 Å². The number of aryl methyl sites for hydroxylation is 3. The number of rotatable bonds is 1. The van der Waals surface area contributed by atoms with Crippen molar-refractivity contribution in [2.24, 2.45) is 0 Å². The minimum Gasteiger partial charge on any atom is -0.236 e. The summed E-state index contributed by atoms with van der Waals surface area (Å²) in [6, 6.07) is 12.1. The Balaban J connectivity index is 0.000000469. The van der Waals surface area contributed by atoms with E-state index in [1.807, 2.05) is 32.9 Å². The van der Waals surface area contributed by atoms with Crippen LogP contribution < -0.4 is 0 Å². The van der Waals surface area contributed by atoms with Crippen LogP contribution in [0.4, 0.5) is 5.69 Å². The van der Waals surface area contributed by atoms with Gasteiger partial charge in [0.25, 0.3) is 0 Å². The molecule has 3 aromatic rings. The Labute approximate surface area is 176 Å². The minimum atomic E-state index is 0. The molecule has 0 aliphatic rings. The fourth-order valence-electron chi connectivity index (χ4n) is 1.92. The van der Waals surface area contributed by atoms with Gasteiger partial charge in [-0.25, -0.2) is 14.5 Å². The summed E-state index contributed by atoms with van der Waals surface area (Å²) in [7, 11) is 0. The number of aromatic nitrogens is 3. The third kappa shape index (κ3) is 5.78. The molecule has 3 rings (SSSR count). The van der Waals surface area contributed by atoms with Crippen LogP contribution in [0, 0.1) is 33.4 Å². The molecule has 0 aliphatic heterocycles. The molecule has 0 amide bonds. The Kier molecular flexibility index (Phi) is 8.51. The van der Waals surface area contributed by atoms with Crippen molar-refractivity contribution in [3.05, 3.63) is 80.5 Å². The SMILES string of the molecule is Cc1cc(Br)nn1-c1ncccc1Cl.[C-]#[N+]c1c[c-]c(C)c(C)c1.[HH].[W]. The zero-order valence-electron chi connectivity index (χ0n) is 13.9. The Bertz CT molecular complexity index is 908. The van der Waals surface area contributed by atoms with E-state index in [1.54, 1.807) is 29.1 Å². The van der Waals surface area contributed by atoms with Crippen LogP contribution in [-0.4, -0.2) is 14.8 Å². The summed E-state index contributed by atoms with van der Waals surface area (Å²) in [6.45, 7) is 12.6. The molecule has 1 aromatic carbocycles. The van der Waals surface area contributed by atoms with Crippen molar-refractivity contribution in [2.45, 2.75) is 20.8 Å². The molecular weight excluding hydrogens is 571 g/mol. The summed E-state index contributed by atoms with van der Waals surface area (Å²) in [5.41, 5.74) is 3.90. The van der Waals surface area contributed by atoms with Crippen LogP contribution in [0.2, 0.25) is 5.02 Å². The molecule has 4 nitrogen and oxygen atoms in total. The Morgan fingerprint density at radius 3 is 2.56 bits per heavy atom. The van der Waals surface area contributed by atoms with Gasteiger partial charge in [-0.2, -0.15) is 16.7 Å². The van der Waals surface area contributed by atoms with Crippen LogP contribution in [0.1, 0.15) is 18.2 Å². The van der Waals surface area contributed by atoms with E-state index < -0.39 is 0 Å². The summed E-state index contributed by atoms with van der Waals surface area (Å²) in [6.07, 6.45) is 1.69. The van der Waals surface area contributed by atoms with Gasteiger partial charge >= 0.3 is 0 Å². The zero-order chi connectivity index (χ0) is 17.7. The molecule has 2 aromatic heterocycles. The maximum absolute atomic E-state index is 6.72. The molecule has 0 aliphatic carbocycles. The average Bonchev–Trinajstić information content (AvgIpc) is 2.89. The molecule has 25 heavy (non-hydrogen) atoms. The van der Waals surface area contributed by atoms with Gasteiger partial charge in [-0.05, 0) is 41.1 Å². The minimum absolute atomic E-state index is 0. The van der Waals surface area contributed by atoms with Crippen molar-refractivity contribution < 1.29 is 22.5 Å². The molecule has 0 spiro atoms. The van der Waals surface area contributed by atoms with Gasteiger partial charge in [0.1, 0.15) is 11.2 Å². The van der Waals surface area contributed by atoms with E-state index in [-0.39, 0.29) is 22.5 Å². The molecule has 2 heterocycles. The molecule has 0 atom stereocenters. The fraction of sp³-hybridized carbons (Fsp3) is 0.167. The summed E-state index contributed by atoms with van der Waals surface area (Å²) < 4.78 is 2.48. The van der Waals surface area contributed by atoms with E-state index in [1.165, 1.54) is 0 Å². The van der Waals surface area contributed by atoms with Gasteiger partial charge in [0, 0.05) is 34.4 Å². The van der Waals surface area contributed by atoms with Crippen LogP contribution in [0.25, 0.3) is 10.7 Å². The fourth-order valence-corrected chi connectivity index (χ4v) is 2.61. The number of hydrogen-bond donors (Lipinski definition) is 0. The monoisotopic (exact) mass is 587 g/mol.